The second-order valence-electron chi connectivity index (χ2n) is 5.60. The normalized spacial score (nSPS) is 10.2. The molecule has 25 heavy (non-hydrogen) atoms. The van der Waals surface area contributed by atoms with Crippen LogP contribution in [0.2, 0.25) is 5.02 Å². The molecule has 0 atom stereocenters. The lowest BCUT2D eigenvalue weighted by Crippen LogP contribution is -2.36. The molecule has 2 amide bonds. The third kappa shape index (κ3) is 5.50. The van der Waals surface area contributed by atoms with Gasteiger partial charge in [0.2, 0.25) is 11.8 Å². The number of amides is 2. The van der Waals surface area contributed by atoms with Crippen LogP contribution in [0.4, 0.5) is 11.4 Å². The molecule has 3 N–H and O–H groups in total. The number of nitrogens with one attached hydrogen (secondary N) is 3. The van der Waals surface area contributed by atoms with E-state index in [1.165, 1.54) is 0 Å². The summed E-state index contributed by atoms with van der Waals surface area (Å²) in [6, 6.07) is 13.1. The predicted molar refractivity (Wildman–Crippen MR) is 102 cm³/mol. The maximum atomic E-state index is 12.0. The highest BCUT2D eigenvalue weighted by molar-refractivity contribution is 6.31. The van der Waals surface area contributed by atoms with Crippen LogP contribution >= 0.6 is 11.6 Å². The summed E-state index contributed by atoms with van der Waals surface area (Å²) in [5.74, 6) is -0.545. The number of hydrogen-bond acceptors (Lipinski definition) is 3. The molecular formula is C19H22ClN3O2. The number of rotatable bonds is 7. The summed E-state index contributed by atoms with van der Waals surface area (Å²) < 4.78 is 0. The Labute approximate surface area is 152 Å². The fourth-order valence-corrected chi connectivity index (χ4v) is 2.53. The number of para-hydroxylation sites is 1. The fraction of sp³-hybridized carbons (Fsp3) is 0.263. The zero-order valence-corrected chi connectivity index (χ0v) is 15.1. The molecule has 0 aromatic heterocycles. The van der Waals surface area contributed by atoms with E-state index in [0.717, 1.165) is 23.2 Å². The van der Waals surface area contributed by atoms with Crippen molar-refractivity contribution >= 4 is 34.8 Å². The lowest BCUT2D eigenvalue weighted by atomic mass is 10.1. The third-order valence-corrected chi connectivity index (χ3v) is 4.24. The predicted octanol–water partition coefficient (Wildman–Crippen LogP) is 3.38. The van der Waals surface area contributed by atoms with Crippen molar-refractivity contribution in [2.75, 3.05) is 23.7 Å². The Balaban J connectivity index is 1.79. The monoisotopic (exact) mass is 359 g/mol. The molecule has 2 aromatic rings. The molecule has 2 aromatic carbocycles. The molecule has 5 nitrogen and oxygen atoms in total. The van der Waals surface area contributed by atoms with Crippen molar-refractivity contribution in [2.24, 2.45) is 0 Å². The minimum Gasteiger partial charge on any atom is -0.376 e. The average molecular weight is 360 g/mol. The minimum atomic E-state index is -0.298. The Morgan fingerprint density at radius 1 is 0.960 bits per heavy atom. The maximum absolute atomic E-state index is 12.0. The van der Waals surface area contributed by atoms with Gasteiger partial charge in [-0.2, -0.15) is 0 Å². The highest BCUT2D eigenvalue weighted by Crippen LogP contribution is 2.22. The van der Waals surface area contributed by atoms with Gasteiger partial charge in [0.1, 0.15) is 0 Å². The smallest absolute Gasteiger partial charge is 0.243 e. The van der Waals surface area contributed by atoms with Crippen LogP contribution in [0.3, 0.4) is 0 Å². The standard InChI is InChI=1S/C19H22ClN3O2/c1-3-14-7-4-5-9-17(14)21-11-18(24)22-12-19(25)23-16-10-6-8-15(20)13(16)2/h4-10,21H,3,11-12H2,1-2H3,(H,22,24)(H,23,25). The van der Waals surface area contributed by atoms with Crippen LogP contribution in [-0.4, -0.2) is 24.9 Å². The molecule has 0 saturated heterocycles. The molecule has 0 aliphatic carbocycles. The van der Waals surface area contributed by atoms with Crippen LogP contribution in [0.1, 0.15) is 18.1 Å². The van der Waals surface area contributed by atoms with Crippen molar-refractivity contribution in [1.82, 2.24) is 5.32 Å². The highest BCUT2D eigenvalue weighted by Gasteiger charge is 2.09. The first kappa shape index (κ1) is 18.8. The van der Waals surface area contributed by atoms with Gasteiger partial charge in [-0.3, -0.25) is 9.59 Å². The second-order valence-corrected chi connectivity index (χ2v) is 6.01. The van der Waals surface area contributed by atoms with E-state index in [-0.39, 0.29) is 24.9 Å². The Hall–Kier alpha value is -2.53. The van der Waals surface area contributed by atoms with Gasteiger partial charge in [-0.05, 0) is 42.7 Å². The summed E-state index contributed by atoms with van der Waals surface area (Å²) in [6.07, 6.45) is 0.881. The number of anilines is 2. The number of carbonyl (C=O) groups excluding carboxylic acids is 2. The first-order valence-corrected chi connectivity index (χ1v) is 8.52. The van der Waals surface area contributed by atoms with E-state index in [9.17, 15) is 9.59 Å². The SMILES string of the molecule is CCc1ccccc1NCC(=O)NCC(=O)Nc1cccc(Cl)c1C. The van der Waals surface area contributed by atoms with Gasteiger partial charge in [0.25, 0.3) is 0 Å². The second kappa shape index (κ2) is 9.08. The number of benzene rings is 2. The van der Waals surface area contributed by atoms with E-state index in [2.05, 4.69) is 22.9 Å². The summed E-state index contributed by atoms with van der Waals surface area (Å²) in [6.45, 7) is 3.90. The van der Waals surface area contributed by atoms with Gasteiger partial charge in [-0.25, -0.2) is 0 Å². The summed E-state index contributed by atoms with van der Waals surface area (Å²) in [7, 11) is 0. The van der Waals surface area contributed by atoms with Crippen LogP contribution in [0.15, 0.2) is 42.5 Å². The molecule has 0 unspecified atom stereocenters. The van der Waals surface area contributed by atoms with Crippen LogP contribution in [0.25, 0.3) is 0 Å². The van der Waals surface area contributed by atoms with Gasteiger partial charge in [-0.1, -0.05) is 42.8 Å². The summed E-state index contributed by atoms with van der Waals surface area (Å²) in [5, 5.41) is 9.01. The summed E-state index contributed by atoms with van der Waals surface area (Å²) in [4.78, 5) is 23.9. The number of carbonyl (C=O) groups is 2. The highest BCUT2D eigenvalue weighted by atomic mass is 35.5. The Kier molecular flexibility index (Phi) is 6.83. The first-order chi connectivity index (χ1) is 12.0. The molecule has 6 heteroatoms. The van der Waals surface area contributed by atoms with Crippen molar-refractivity contribution in [1.29, 1.82) is 0 Å². The molecule has 0 saturated carbocycles. The number of aryl methyl sites for hydroxylation is 1. The van der Waals surface area contributed by atoms with Crippen molar-refractivity contribution in [3.8, 4) is 0 Å². The summed E-state index contributed by atoms with van der Waals surface area (Å²) in [5.41, 5.74) is 3.51. The van der Waals surface area contributed by atoms with Crippen LogP contribution < -0.4 is 16.0 Å². The molecule has 0 bridgehead atoms. The quantitative estimate of drug-likeness (QED) is 0.709. The molecule has 0 aliphatic heterocycles. The molecular weight excluding hydrogens is 338 g/mol. The largest absolute Gasteiger partial charge is 0.376 e. The van der Waals surface area contributed by atoms with Crippen molar-refractivity contribution in [2.45, 2.75) is 20.3 Å². The zero-order chi connectivity index (χ0) is 18.2. The molecule has 0 fully saturated rings. The van der Waals surface area contributed by atoms with E-state index in [1.54, 1.807) is 18.2 Å². The minimum absolute atomic E-state index is 0.0953. The van der Waals surface area contributed by atoms with Gasteiger partial charge in [0, 0.05) is 16.4 Å². The lowest BCUT2D eigenvalue weighted by molar-refractivity contribution is -0.122. The molecule has 2 rings (SSSR count). The number of halogens is 1. The first-order valence-electron chi connectivity index (χ1n) is 8.14. The molecule has 132 valence electrons. The van der Waals surface area contributed by atoms with Crippen molar-refractivity contribution in [3.05, 3.63) is 58.6 Å². The van der Waals surface area contributed by atoms with E-state index >= 15 is 0 Å². The van der Waals surface area contributed by atoms with E-state index in [0.29, 0.717) is 10.7 Å². The van der Waals surface area contributed by atoms with E-state index in [4.69, 9.17) is 11.6 Å². The maximum Gasteiger partial charge on any atom is 0.243 e. The molecule has 0 aliphatic rings. The Morgan fingerprint density at radius 2 is 1.68 bits per heavy atom. The topological polar surface area (TPSA) is 70.2 Å². The van der Waals surface area contributed by atoms with Crippen LogP contribution in [0, 0.1) is 6.92 Å². The van der Waals surface area contributed by atoms with E-state index in [1.807, 2.05) is 31.2 Å². The van der Waals surface area contributed by atoms with Gasteiger partial charge < -0.3 is 16.0 Å². The Morgan fingerprint density at radius 3 is 2.44 bits per heavy atom. The van der Waals surface area contributed by atoms with Crippen LogP contribution in [-0.2, 0) is 16.0 Å². The molecule has 0 radical (unpaired) electrons. The third-order valence-electron chi connectivity index (χ3n) is 3.83. The van der Waals surface area contributed by atoms with E-state index < -0.39 is 0 Å². The average Bonchev–Trinajstić information content (AvgIpc) is 2.62. The molecule has 0 heterocycles. The van der Waals surface area contributed by atoms with Crippen molar-refractivity contribution < 1.29 is 9.59 Å². The van der Waals surface area contributed by atoms with Crippen LogP contribution in [0.5, 0.6) is 0 Å². The Bertz CT molecular complexity index is 762. The fourth-order valence-electron chi connectivity index (χ4n) is 2.36. The van der Waals surface area contributed by atoms with Crippen molar-refractivity contribution in [3.63, 3.8) is 0 Å². The van der Waals surface area contributed by atoms with Gasteiger partial charge >= 0.3 is 0 Å². The van der Waals surface area contributed by atoms with Gasteiger partial charge in [0.05, 0.1) is 13.1 Å². The molecule has 0 spiro atoms. The number of hydrogen-bond donors (Lipinski definition) is 3. The summed E-state index contributed by atoms with van der Waals surface area (Å²) >= 11 is 6.02. The van der Waals surface area contributed by atoms with Gasteiger partial charge in [0.15, 0.2) is 0 Å². The lowest BCUT2D eigenvalue weighted by Gasteiger charge is -2.12. The van der Waals surface area contributed by atoms with Gasteiger partial charge in [-0.15, -0.1) is 0 Å². The zero-order valence-electron chi connectivity index (χ0n) is 14.4.